The normalized spacial score (nSPS) is 10.8. The number of benzene rings is 2. The molecular formula is C31H38O9. The first-order valence-electron chi connectivity index (χ1n) is 13.2. The van der Waals surface area contributed by atoms with Gasteiger partial charge in [0.1, 0.15) is 11.5 Å². The molecule has 0 N–H and O–H groups in total. The van der Waals surface area contributed by atoms with Gasteiger partial charge in [-0.15, -0.1) is 0 Å². The van der Waals surface area contributed by atoms with Gasteiger partial charge in [-0.2, -0.15) is 0 Å². The third-order valence-electron chi connectivity index (χ3n) is 5.39. The van der Waals surface area contributed by atoms with Crippen LogP contribution in [0.15, 0.2) is 60.7 Å². The van der Waals surface area contributed by atoms with Gasteiger partial charge in [-0.05, 0) is 102 Å². The fourth-order valence-electron chi connectivity index (χ4n) is 3.03. The summed E-state index contributed by atoms with van der Waals surface area (Å²) in [7, 11) is 0. The average molecular weight is 555 g/mol. The number of unbranched alkanes of at least 4 members (excludes halogenated alkanes) is 2. The van der Waals surface area contributed by atoms with Gasteiger partial charge in [0, 0.05) is 5.57 Å². The minimum absolute atomic E-state index is 0.212. The summed E-state index contributed by atoms with van der Waals surface area (Å²) in [5, 5.41) is 0. The molecule has 216 valence electrons. The summed E-state index contributed by atoms with van der Waals surface area (Å²) in [5.74, 6) is -0.570. The van der Waals surface area contributed by atoms with Gasteiger partial charge in [0.15, 0.2) is 0 Å². The van der Waals surface area contributed by atoms with Gasteiger partial charge in [0.25, 0.3) is 0 Å². The predicted octanol–water partition coefficient (Wildman–Crippen LogP) is 6.06. The van der Waals surface area contributed by atoms with Crippen molar-refractivity contribution in [2.75, 3.05) is 26.4 Å². The fourth-order valence-corrected chi connectivity index (χ4v) is 3.03. The van der Waals surface area contributed by atoms with E-state index in [-0.39, 0.29) is 32.4 Å². The summed E-state index contributed by atoms with van der Waals surface area (Å²) in [4.78, 5) is 47.5. The Bertz CT molecular complexity index is 1140. The van der Waals surface area contributed by atoms with Crippen molar-refractivity contribution in [1.29, 1.82) is 0 Å². The number of rotatable bonds is 15. The lowest BCUT2D eigenvalue weighted by Gasteiger charge is -2.16. The van der Waals surface area contributed by atoms with E-state index in [2.05, 4.69) is 6.58 Å². The van der Waals surface area contributed by atoms with Gasteiger partial charge < -0.3 is 23.7 Å². The molecule has 0 atom stereocenters. The minimum atomic E-state index is -0.535. The molecule has 0 saturated heterocycles. The smallest absolute Gasteiger partial charge is 0.338 e. The molecule has 0 unspecified atom stereocenters. The van der Waals surface area contributed by atoms with Crippen LogP contribution in [-0.2, 0) is 28.5 Å². The van der Waals surface area contributed by atoms with E-state index in [0.29, 0.717) is 53.9 Å². The second-order valence-electron chi connectivity index (χ2n) is 10.1. The van der Waals surface area contributed by atoms with Crippen molar-refractivity contribution in [3.05, 3.63) is 71.8 Å². The van der Waals surface area contributed by atoms with E-state index in [4.69, 9.17) is 23.7 Å². The van der Waals surface area contributed by atoms with Crippen molar-refractivity contribution in [3.8, 4) is 11.5 Å². The highest BCUT2D eigenvalue weighted by molar-refractivity contribution is 5.90. The fraction of sp³-hybridized carbons (Fsp3) is 0.419. The molecule has 40 heavy (non-hydrogen) atoms. The van der Waals surface area contributed by atoms with Crippen LogP contribution in [0.5, 0.6) is 11.5 Å². The highest BCUT2D eigenvalue weighted by Crippen LogP contribution is 2.23. The molecule has 0 saturated carbocycles. The summed E-state index contributed by atoms with van der Waals surface area (Å²) in [6.45, 7) is 11.4. The Balaban J connectivity index is 1.68. The lowest BCUT2D eigenvalue weighted by molar-refractivity contribution is -0.153. The second-order valence-corrected chi connectivity index (χ2v) is 10.1. The van der Waals surface area contributed by atoms with Crippen molar-refractivity contribution in [3.63, 3.8) is 0 Å². The van der Waals surface area contributed by atoms with E-state index in [9.17, 15) is 19.2 Å². The number of ether oxygens (including phenoxy) is 5. The molecule has 0 fully saturated rings. The quantitative estimate of drug-likeness (QED) is 0.112. The van der Waals surface area contributed by atoms with Gasteiger partial charge in [0.2, 0.25) is 0 Å². The largest absolute Gasteiger partial charge is 0.465 e. The van der Waals surface area contributed by atoms with Crippen molar-refractivity contribution in [1.82, 2.24) is 0 Å². The molecule has 0 spiro atoms. The highest BCUT2D eigenvalue weighted by atomic mass is 16.5. The Labute approximate surface area is 235 Å². The summed E-state index contributed by atoms with van der Waals surface area (Å²) in [5.41, 5.74) is 0.578. The van der Waals surface area contributed by atoms with E-state index in [1.165, 1.54) is 0 Å². The Morgan fingerprint density at radius 2 is 1.00 bits per heavy atom. The number of carbonyl (C=O) groups excluding carboxylic acids is 4. The zero-order valence-electron chi connectivity index (χ0n) is 23.7. The molecule has 0 heterocycles. The summed E-state index contributed by atoms with van der Waals surface area (Å²) in [6.07, 6.45) is 2.33. The predicted molar refractivity (Wildman–Crippen MR) is 148 cm³/mol. The van der Waals surface area contributed by atoms with E-state index >= 15 is 0 Å². The van der Waals surface area contributed by atoms with Crippen LogP contribution < -0.4 is 4.74 Å². The highest BCUT2D eigenvalue weighted by Gasteiger charge is 2.22. The first-order valence-corrected chi connectivity index (χ1v) is 13.2. The molecule has 0 aromatic heterocycles. The van der Waals surface area contributed by atoms with Crippen LogP contribution in [0.2, 0.25) is 0 Å². The van der Waals surface area contributed by atoms with Gasteiger partial charge in [0.05, 0.1) is 43.0 Å². The Hall–Kier alpha value is -4.14. The molecule has 0 amide bonds. The van der Waals surface area contributed by atoms with Gasteiger partial charge in [-0.1, -0.05) is 6.58 Å². The first-order chi connectivity index (χ1) is 19.0. The third kappa shape index (κ3) is 11.7. The second kappa shape index (κ2) is 16.1. The van der Waals surface area contributed by atoms with E-state index in [1.54, 1.807) is 76.2 Å². The average Bonchev–Trinajstić information content (AvgIpc) is 2.92. The molecule has 2 rings (SSSR count). The maximum absolute atomic E-state index is 12.3. The van der Waals surface area contributed by atoms with Crippen LogP contribution in [0.4, 0.5) is 0 Å². The molecule has 0 aliphatic carbocycles. The molecule has 9 heteroatoms. The lowest BCUT2D eigenvalue weighted by Crippen LogP contribution is -2.23. The van der Waals surface area contributed by atoms with Crippen LogP contribution in [0.3, 0.4) is 0 Å². The van der Waals surface area contributed by atoms with Crippen molar-refractivity contribution < 1.29 is 42.9 Å². The zero-order valence-corrected chi connectivity index (χ0v) is 23.7. The first kappa shape index (κ1) is 32.1. The monoisotopic (exact) mass is 554 g/mol. The molecule has 0 radical (unpaired) electrons. The van der Waals surface area contributed by atoms with Crippen molar-refractivity contribution in [2.24, 2.45) is 5.41 Å². The summed E-state index contributed by atoms with van der Waals surface area (Å²) < 4.78 is 26.5. The molecular weight excluding hydrogens is 516 g/mol. The van der Waals surface area contributed by atoms with Crippen molar-refractivity contribution >= 4 is 23.9 Å². The number of esters is 4. The van der Waals surface area contributed by atoms with Crippen molar-refractivity contribution in [2.45, 2.75) is 53.4 Å². The SMILES string of the molecule is C=C(C)C(=O)OCCCCOC(=O)c1ccc(Oc2ccc(C(=O)OCCCCOC(=O)C(C)(C)C)cc2)cc1. The van der Waals surface area contributed by atoms with Crippen LogP contribution in [0.1, 0.15) is 74.1 Å². The van der Waals surface area contributed by atoms with Crippen LogP contribution in [0, 0.1) is 5.41 Å². The summed E-state index contributed by atoms with van der Waals surface area (Å²) in [6, 6.07) is 13.0. The lowest BCUT2D eigenvalue weighted by atomic mass is 9.97. The Morgan fingerprint density at radius 1 is 0.625 bits per heavy atom. The van der Waals surface area contributed by atoms with Crippen LogP contribution in [-0.4, -0.2) is 50.3 Å². The Kier molecular flexibility index (Phi) is 12.9. The van der Waals surface area contributed by atoms with E-state index in [1.807, 2.05) is 0 Å². The molecule has 0 aliphatic rings. The van der Waals surface area contributed by atoms with E-state index in [0.717, 1.165) is 0 Å². The van der Waals surface area contributed by atoms with Crippen LogP contribution in [0.25, 0.3) is 0 Å². The number of hydrogen-bond donors (Lipinski definition) is 0. The maximum atomic E-state index is 12.3. The topological polar surface area (TPSA) is 114 Å². The third-order valence-corrected chi connectivity index (χ3v) is 5.39. The zero-order chi connectivity index (χ0) is 29.5. The molecule has 2 aromatic carbocycles. The molecule has 0 bridgehead atoms. The van der Waals surface area contributed by atoms with Gasteiger partial charge >= 0.3 is 23.9 Å². The number of hydrogen-bond acceptors (Lipinski definition) is 9. The minimum Gasteiger partial charge on any atom is -0.465 e. The standard InChI is InChI=1S/C31H38O9/c1-22(2)27(32)36-18-6-7-19-37-28(33)23-10-14-25(15-11-23)40-26-16-12-24(13-17-26)29(34)38-20-8-9-21-39-30(35)31(3,4)5/h10-17H,1,6-9,18-21H2,2-5H3. The van der Waals surface area contributed by atoms with Gasteiger partial charge in [-0.25, -0.2) is 14.4 Å². The van der Waals surface area contributed by atoms with Gasteiger partial charge in [-0.3, -0.25) is 4.79 Å². The molecule has 9 nitrogen and oxygen atoms in total. The van der Waals surface area contributed by atoms with E-state index < -0.39 is 23.3 Å². The maximum Gasteiger partial charge on any atom is 0.338 e. The summed E-state index contributed by atoms with van der Waals surface area (Å²) >= 11 is 0. The van der Waals surface area contributed by atoms with Crippen LogP contribution >= 0.6 is 0 Å². The molecule has 2 aromatic rings. The molecule has 0 aliphatic heterocycles. The Morgan fingerprint density at radius 3 is 1.38 bits per heavy atom. The number of carbonyl (C=O) groups is 4.